The molecule has 0 bridgehead atoms. The molecule has 1 atom stereocenters. The van der Waals surface area contributed by atoms with Gasteiger partial charge in [-0.2, -0.15) is 0 Å². The number of carboxylic acid groups (broad SMARTS) is 1. The molecule has 0 saturated carbocycles. The summed E-state index contributed by atoms with van der Waals surface area (Å²) in [6.45, 7) is 1.89. The second kappa shape index (κ2) is 4.55. The van der Waals surface area contributed by atoms with Crippen molar-refractivity contribution in [2.75, 3.05) is 0 Å². The fourth-order valence-electron chi connectivity index (χ4n) is 2.09. The second-order valence-electron chi connectivity index (χ2n) is 4.25. The number of aliphatic carboxylic acids is 1. The van der Waals surface area contributed by atoms with Gasteiger partial charge in [0.15, 0.2) is 0 Å². The fourth-order valence-corrected chi connectivity index (χ4v) is 2.09. The Hall–Kier alpha value is -2.25. The summed E-state index contributed by atoms with van der Waals surface area (Å²) in [6, 6.07) is 4.72. The van der Waals surface area contributed by atoms with Crippen molar-refractivity contribution in [1.82, 2.24) is 4.98 Å². The van der Waals surface area contributed by atoms with Gasteiger partial charge in [-0.25, -0.2) is 0 Å². The summed E-state index contributed by atoms with van der Waals surface area (Å²) >= 11 is 0. The van der Waals surface area contributed by atoms with Gasteiger partial charge in [0.1, 0.15) is 6.04 Å². The molecule has 0 amide bonds. The van der Waals surface area contributed by atoms with Gasteiger partial charge in [-0.15, -0.1) is 6.42 Å². The third-order valence-corrected chi connectivity index (χ3v) is 3.05. The molecule has 1 unspecified atom stereocenters. The minimum atomic E-state index is -1.00. The van der Waals surface area contributed by atoms with Crippen LogP contribution in [0.4, 0.5) is 0 Å². The van der Waals surface area contributed by atoms with Gasteiger partial charge in [0.05, 0.1) is 5.52 Å². The number of benzene rings is 1. The Labute approximate surface area is 105 Å². The van der Waals surface area contributed by atoms with E-state index in [1.54, 1.807) is 0 Å². The summed E-state index contributed by atoms with van der Waals surface area (Å²) < 4.78 is 0. The van der Waals surface area contributed by atoms with Gasteiger partial charge in [-0.1, -0.05) is 18.1 Å². The van der Waals surface area contributed by atoms with E-state index in [2.05, 4.69) is 10.9 Å². The van der Waals surface area contributed by atoms with E-state index in [-0.39, 0.29) is 6.42 Å². The van der Waals surface area contributed by atoms with Crippen LogP contribution in [0.5, 0.6) is 0 Å². The number of nitrogens with one attached hydrogen (secondary N) is 1. The van der Waals surface area contributed by atoms with E-state index in [0.29, 0.717) is 0 Å². The summed E-state index contributed by atoms with van der Waals surface area (Å²) in [4.78, 5) is 14.0. The number of terminal acetylenes is 1. The van der Waals surface area contributed by atoms with Gasteiger partial charge in [0.2, 0.25) is 0 Å². The molecule has 4 N–H and O–H groups in total. The average Bonchev–Trinajstić information content (AvgIpc) is 2.65. The minimum Gasteiger partial charge on any atom is -0.480 e. The van der Waals surface area contributed by atoms with E-state index in [9.17, 15) is 4.79 Å². The first-order valence-electron chi connectivity index (χ1n) is 5.59. The molecule has 0 radical (unpaired) electrons. The average molecular weight is 242 g/mol. The number of H-pyrrole nitrogens is 1. The molecule has 0 fully saturated rings. The highest BCUT2D eigenvalue weighted by Gasteiger charge is 2.17. The van der Waals surface area contributed by atoms with Crippen molar-refractivity contribution in [3.8, 4) is 12.3 Å². The Morgan fingerprint density at radius 3 is 2.94 bits per heavy atom. The number of para-hydroxylation sites is 1. The van der Waals surface area contributed by atoms with Crippen LogP contribution in [0.3, 0.4) is 0 Å². The molecule has 4 nitrogen and oxygen atoms in total. The van der Waals surface area contributed by atoms with Gasteiger partial charge in [-0.3, -0.25) is 4.79 Å². The number of aromatic amines is 1. The van der Waals surface area contributed by atoms with Crippen LogP contribution < -0.4 is 5.73 Å². The van der Waals surface area contributed by atoms with Crippen molar-refractivity contribution in [2.24, 2.45) is 5.73 Å². The number of hydrogen-bond acceptors (Lipinski definition) is 2. The quantitative estimate of drug-likeness (QED) is 0.712. The van der Waals surface area contributed by atoms with E-state index in [0.717, 1.165) is 27.7 Å². The molecule has 2 rings (SSSR count). The van der Waals surface area contributed by atoms with Crippen molar-refractivity contribution in [3.63, 3.8) is 0 Å². The SMILES string of the molecule is C#Cc1cccc2c(CC(N)C(=O)O)c(C)[nH]c12. The highest BCUT2D eigenvalue weighted by atomic mass is 16.4. The molecule has 18 heavy (non-hydrogen) atoms. The first-order chi connectivity index (χ1) is 8.54. The lowest BCUT2D eigenvalue weighted by atomic mass is 10.0. The second-order valence-corrected chi connectivity index (χ2v) is 4.25. The smallest absolute Gasteiger partial charge is 0.320 e. The molecule has 92 valence electrons. The summed E-state index contributed by atoms with van der Waals surface area (Å²) in [7, 11) is 0. The van der Waals surface area contributed by atoms with E-state index in [4.69, 9.17) is 17.3 Å². The number of hydrogen-bond donors (Lipinski definition) is 3. The number of carbonyl (C=O) groups is 1. The Bertz CT molecular complexity index is 650. The molecule has 0 aliphatic rings. The van der Waals surface area contributed by atoms with Gasteiger partial charge in [-0.05, 0) is 18.6 Å². The standard InChI is InChI=1S/C14H14N2O2/c1-3-9-5-4-6-10-11(7-12(15)14(17)18)8(2)16-13(9)10/h1,4-6,12,16H,7,15H2,2H3,(H,17,18). The summed E-state index contributed by atoms with van der Waals surface area (Å²) in [5, 5.41) is 9.82. The van der Waals surface area contributed by atoms with Crippen molar-refractivity contribution < 1.29 is 9.90 Å². The number of aryl methyl sites for hydroxylation is 1. The first kappa shape index (κ1) is 12.2. The van der Waals surface area contributed by atoms with Crippen LogP contribution in [0, 0.1) is 19.3 Å². The first-order valence-corrected chi connectivity index (χ1v) is 5.59. The molecule has 1 aromatic heterocycles. The van der Waals surface area contributed by atoms with E-state index in [1.807, 2.05) is 25.1 Å². The molecular weight excluding hydrogens is 228 g/mol. The van der Waals surface area contributed by atoms with Crippen molar-refractivity contribution in [3.05, 3.63) is 35.0 Å². The maximum Gasteiger partial charge on any atom is 0.320 e. The van der Waals surface area contributed by atoms with E-state index in [1.165, 1.54) is 0 Å². The van der Waals surface area contributed by atoms with Crippen molar-refractivity contribution in [2.45, 2.75) is 19.4 Å². The van der Waals surface area contributed by atoms with E-state index < -0.39 is 12.0 Å². The van der Waals surface area contributed by atoms with Crippen LogP contribution >= 0.6 is 0 Å². The molecule has 1 aromatic carbocycles. The lowest BCUT2D eigenvalue weighted by Crippen LogP contribution is -2.32. The highest BCUT2D eigenvalue weighted by molar-refractivity contribution is 5.90. The number of nitrogens with two attached hydrogens (primary N) is 1. The topological polar surface area (TPSA) is 79.1 Å². The minimum absolute atomic E-state index is 0.287. The largest absolute Gasteiger partial charge is 0.480 e. The number of fused-ring (bicyclic) bond motifs is 1. The molecule has 0 aliphatic heterocycles. The number of aromatic nitrogens is 1. The van der Waals surface area contributed by atoms with Crippen LogP contribution in [0.1, 0.15) is 16.8 Å². The maximum atomic E-state index is 10.8. The zero-order valence-corrected chi connectivity index (χ0v) is 10.0. The lowest BCUT2D eigenvalue weighted by Gasteiger charge is -2.06. The molecule has 4 heteroatoms. The summed E-state index contributed by atoms with van der Waals surface area (Å²) in [5.74, 6) is 1.60. The van der Waals surface area contributed by atoms with Gasteiger partial charge in [0.25, 0.3) is 0 Å². The van der Waals surface area contributed by atoms with Crippen LogP contribution in [-0.2, 0) is 11.2 Å². The predicted molar refractivity (Wildman–Crippen MR) is 70.3 cm³/mol. The lowest BCUT2D eigenvalue weighted by molar-refractivity contribution is -0.138. The Morgan fingerprint density at radius 1 is 1.61 bits per heavy atom. The molecular formula is C14H14N2O2. The molecule has 0 spiro atoms. The highest BCUT2D eigenvalue weighted by Crippen LogP contribution is 2.25. The normalized spacial score (nSPS) is 12.3. The zero-order chi connectivity index (χ0) is 13.3. The monoisotopic (exact) mass is 242 g/mol. The van der Waals surface area contributed by atoms with Crippen LogP contribution in [-0.4, -0.2) is 22.1 Å². The van der Waals surface area contributed by atoms with Crippen molar-refractivity contribution >= 4 is 16.9 Å². The maximum absolute atomic E-state index is 10.8. The Balaban J connectivity index is 2.55. The van der Waals surface area contributed by atoms with E-state index >= 15 is 0 Å². The van der Waals surface area contributed by atoms with Crippen LogP contribution in [0.2, 0.25) is 0 Å². The number of rotatable bonds is 3. The summed E-state index contributed by atoms with van der Waals surface area (Å²) in [5.41, 5.74) is 9.04. The summed E-state index contributed by atoms with van der Waals surface area (Å²) in [6.07, 6.45) is 5.72. The Kier molecular flexibility index (Phi) is 3.09. The Morgan fingerprint density at radius 2 is 2.33 bits per heavy atom. The molecule has 0 aliphatic carbocycles. The number of carboxylic acids is 1. The fraction of sp³-hybridized carbons (Fsp3) is 0.214. The third kappa shape index (κ3) is 1.96. The van der Waals surface area contributed by atoms with Crippen LogP contribution in [0.15, 0.2) is 18.2 Å². The van der Waals surface area contributed by atoms with Gasteiger partial charge < -0.3 is 15.8 Å². The molecule has 2 aromatic rings. The molecule has 1 heterocycles. The van der Waals surface area contributed by atoms with Crippen molar-refractivity contribution in [1.29, 1.82) is 0 Å². The van der Waals surface area contributed by atoms with Crippen LogP contribution in [0.25, 0.3) is 10.9 Å². The van der Waals surface area contributed by atoms with Gasteiger partial charge in [0, 0.05) is 23.1 Å². The third-order valence-electron chi connectivity index (χ3n) is 3.05. The predicted octanol–water partition coefficient (Wildman–Crippen LogP) is 1.41. The molecule has 0 saturated heterocycles. The van der Waals surface area contributed by atoms with Gasteiger partial charge >= 0.3 is 5.97 Å². The zero-order valence-electron chi connectivity index (χ0n) is 10.0.